The van der Waals surface area contributed by atoms with Crippen molar-refractivity contribution >= 4 is 45.1 Å². The van der Waals surface area contributed by atoms with Crippen molar-refractivity contribution in [3.8, 4) is 0 Å². The van der Waals surface area contributed by atoms with Gasteiger partial charge in [-0.05, 0) is 12.8 Å². The fourth-order valence-corrected chi connectivity index (χ4v) is 3.33. The Hall–Kier alpha value is -3.22. The van der Waals surface area contributed by atoms with E-state index in [0.29, 0.717) is 12.8 Å². The van der Waals surface area contributed by atoms with Crippen LogP contribution in [0.25, 0.3) is 33.7 Å². The van der Waals surface area contributed by atoms with E-state index in [9.17, 15) is 19.2 Å². The molecule has 0 bridgehead atoms. The Kier molecular flexibility index (Phi) is 2.43. The summed E-state index contributed by atoms with van der Waals surface area (Å²) in [4.78, 5) is 51.4. The zero-order chi connectivity index (χ0) is 16.5. The smallest absolute Gasteiger partial charge is 0.261 e. The number of hydrogen-bond acceptors (Lipinski definition) is 6. The van der Waals surface area contributed by atoms with Crippen LogP contribution in [0.2, 0.25) is 0 Å². The van der Waals surface area contributed by atoms with Gasteiger partial charge in [-0.3, -0.25) is 24.2 Å². The minimum absolute atomic E-state index is 0.0820. The highest BCUT2D eigenvalue weighted by atomic mass is 16.2. The lowest BCUT2D eigenvalue weighted by Crippen LogP contribution is -2.49. The molecular formula is C16H11N3O4. The quantitative estimate of drug-likeness (QED) is 0.330. The lowest BCUT2D eigenvalue weighted by Gasteiger charge is -2.08. The molecular weight excluding hydrogens is 298 g/mol. The van der Waals surface area contributed by atoms with Gasteiger partial charge < -0.3 is 11.5 Å². The molecule has 1 aromatic heterocycles. The van der Waals surface area contributed by atoms with E-state index in [-0.39, 0.29) is 43.4 Å². The van der Waals surface area contributed by atoms with Gasteiger partial charge in [0.05, 0.1) is 32.9 Å². The van der Waals surface area contributed by atoms with Crippen molar-refractivity contribution < 1.29 is 0 Å². The van der Waals surface area contributed by atoms with E-state index in [1.165, 1.54) is 0 Å². The highest BCUT2D eigenvalue weighted by molar-refractivity contribution is 6.18. The molecule has 0 unspecified atom stereocenters. The van der Waals surface area contributed by atoms with Gasteiger partial charge in [-0.1, -0.05) is 12.2 Å². The van der Waals surface area contributed by atoms with Gasteiger partial charge >= 0.3 is 0 Å². The number of nitrogen functional groups attached to an aromatic ring is 2. The molecule has 0 amide bonds. The van der Waals surface area contributed by atoms with Gasteiger partial charge in [-0.15, -0.1) is 0 Å². The maximum atomic E-state index is 12.7. The van der Waals surface area contributed by atoms with Crippen LogP contribution in [0.15, 0.2) is 19.2 Å². The number of rotatable bonds is 0. The van der Waals surface area contributed by atoms with E-state index >= 15 is 0 Å². The summed E-state index contributed by atoms with van der Waals surface area (Å²) in [6, 6.07) is 0. The Bertz CT molecular complexity index is 1250. The molecule has 7 heteroatoms. The average Bonchev–Trinajstić information content (AvgIpc) is 2.83. The first-order valence-electron chi connectivity index (χ1n) is 7.04. The first-order chi connectivity index (χ1) is 10.9. The molecule has 3 aromatic rings. The molecule has 1 aliphatic rings. The third-order valence-corrected chi connectivity index (χ3v) is 4.36. The number of nitrogens with two attached hydrogens (primary N) is 2. The summed E-state index contributed by atoms with van der Waals surface area (Å²) >= 11 is 0. The lowest BCUT2D eigenvalue weighted by atomic mass is 9.96. The molecule has 4 rings (SSSR count). The number of H-pyrrole nitrogens is 1. The third-order valence-electron chi connectivity index (χ3n) is 4.36. The van der Waals surface area contributed by atoms with Crippen LogP contribution in [0.5, 0.6) is 0 Å². The van der Waals surface area contributed by atoms with Gasteiger partial charge in [0.25, 0.3) is 11.1 Å². The van der Waals surface area contributed by atoms with E-state index in [2.05, 4.69) is 4.98 Å². The number of aromatic nitrogens is 1. The number of aromatic amines is 1. The molecule has 0 aliphatic heterocycles. The fraction of sp³-hybridized carbons (Fsp3) is 0.125. The van der Waals surface area contributed by atoms with Crippen LogP contribution in [0, 0.1) is 0 Å². The summed E-state index contributed by atoms with van der Waals surface area (Å²) in [5.41, 5.74) is 9.28. The van der Waals surface area contributed by atoms with Gasteiger partial charge in [0.15, 0.2) is 10.9 Å². The maximum absolute atomic E-state index is 12.7. The van der Waals surface area contributed by atoms with Crippen LogP contribution in [0.1, 0.15) is 12.8 Å². The SMILES string of the molecule is Nc1c2c(=O)[nH]c(=O)c2c(N)c2c(=O)c3c(c(=O)c12)=CCCC=3. The van der Waals surface area contributed by atoms with E-state index in [4.69, 9.17) is 11.5 Å². The fourth-order valence-electron chi connectivity index (χ4n) is 3.33. The van der Waals surface area contributed by atoms with Crippen molar-refractivity contribution in [2.45, 2.75) is 12.8 Å². The lowest BCUT2D eigenvalue weighted by molar-refractivity contribution is 1.11. The second-order valence-electron chi connectivity index (χ2n) is 5.58. The highest BCUT2D eigenvalue weighted by Crippen LogP contribution is 2.28. The number of fused-ring (bicyclic) bond motifs is 3. The second kappa shape index (κ2) is 4.16. The number of benzene rings is 2. The monoisotopic (exact) mass is 309 g/mol. The van der Waals surface area contributed by atoms with Crippen LogP contribution in [-0.4, -0.2) is 4.98 Å². The molecule has 0 saturated heterocycles. The van der Waals surface area contributed by atoms with Crippen LogP contribution in [-0.2, 0) is 0 Å². The Morgan fingerprint density at radius 2 is 1.09 bits per heavy atom. The molecule has 0 radical (unpaired) electrons. The highest BCUT2D eigenvalue weighted by Gasteiger charge is 2.22. The van der Waals surface area contributed by atoms with Gasteiger partial charge in [-0.25, -0.2) is 0 Å². The largest absolute Gasteiger partial charge is 0.397 e. The minimum atomic E-state index is -0.712. The predicted molar refractivity (Wildman–Crippen MR) is 89.5 cm³/mol. The minimum Gasteiger partial charge on any atom is -0.397 e. The number of anilines is 2. The molecule has 1 aliphatic carbocycles. The zero-order valence-corrected chi connectivity index (χ0v) is 11.9. The van der Waals surface area contributed by atoms with Crippen molar-refractivity contribution in [1.29, 1.82) is 0 Å². The normalized spacial score (nSPS) is 13.7. The number of nitrogens with one attached hydrogen (secondary N) is 1. The topological polar surface area (TPSA) is 136 Å². The van der Waals surface area contributed by atoms with Crippen molar-refractivity contribution in [2.24, 2.45) is 0 Å². The molecule has 114 valence electrons. The summed E-state index contributed by atoms with van der Waals surface area (Å²) in [6.07, 6.45) is 4.66. The standard InChI is InChI=1S/C16H11N3O4/c17-11-7-8(12(18)10-9(11)15(22)19-16(10)23)14(21)6-4-2-1-3-5(6)13(7)20/h3-4H,1-2,17-18H2,(H,19,22,23). The summed E-state index contributed by atoms with van der Waals surface area (Å²) < 4.78 is 0. The van der Waals surface area contributed by atoms with Crippen molar-refractivity contribution in [2.75, 3.05) is 11.5 Å². The van der Waals surface area contributed by atoms with Gasteiger partial charge in [-0.2, -0.15) is 0 Å². The van der Waals surface area contributed by atoms with Crippen molar-refractivity contribution in [3.05, 3.63) is 51.6 Å². The molecule has 1 heterocycles. The van der Waals surface area contributed by atoms with Crippen LogP contribution >= 0.6 is 0 Å². The van der Waals surface area contributed by atoms with Crippen molar-refractivity contribution in [1.82, 2.24) is 4.98 Å². The van der Waals surface area contributed by atoms with E-state index in [1.54, 1.807) is 12.2 Å². The van der Waals surface area contributed by atoms with Crippen LogP contribution in [0.3, 0.4) is 0 Å². The van der Waals surface area contributed by atoms with Gasteiger partial charge in [0.2, 0.25) is 0 Å². The molecule has 0 spiro atoms. The Morgan fingerprint density at radius 3 is 1.48 bits per heavy atom. The first-order valence-corrected chi connectivity index (χ1v) is 7.04. The van der Waals surface area contributed by atoms with Gasteiger partial charge in [0.1, 0.15) is 0 Å². The Balaban J connectivity index is 2.56. The molecule has 0 fully saturated rings. The van der Waals surface area contributed by atoms with Crippen molar-refractivity contribution in [3.63, 3.8) is 0 Å². The summed E-state index contributed by atoms with van der Waals surface area (Å²) in [5, 5.41) is 0.143. The zero-order valence-electron chi connectivity index (χ0n) is 11.9. The second-order valence-corrected chi connectivity index (χ2v) is 5.58. The van der Waals surface area contributed by atoms with E-state index in [0.717, 1.165) is 0 Å². The average molecular weight is 309 g/mol. The molecule has 5 N–H and O–H groups in total. The van der Waals surface area contributed by atoms with Gasteiger partial charge in [0, 0.05) is 10.4 Å². The maximum Gasteiger partial charge on any atom is 0.261 e. The van der Waals surface area contributed by atoms with Crippen LogP contribution in [0.4, 0.5) is 11.4 Å². The van der Waals surface area contributed by atoms with E-state index < -0.39 is 22.0 Å². The Labute approximate surface area is 126 Å². The molecule has 2 aromatic carbocycles. The third kappa shape index (κ3) is 1.48. The molecule has 0 atom stereocenters. The van der Waals surface area contributed by atoms with Crippen LogP contribution < -0.4 is 43.9 Å². The predicted octanol–water partition coefficient (Wildman–Crippen LogP) is -1.84. The molecule has 0 saturated carbocycles. The summed E-state index contributed by atoms with van der Waals surface area (Å²) in [5.74, 6) is 0. The summed E-state index contributed by atoms with van der Waals surface area (Å²) in [6.45, 7) is 0. The first kappa shape index (κ1) is 13.4. The van der Waals surface area contributed by atoms with E-state index in [1.807, 2.05) is 0 Å². The summed E-state index contributed by atoms with van der Waals surface area (Å²) in [7, 11) is 0. The Morgan fingerprint density at radius 1 is 0.696 bits per heavy atom. The molecule has 7 nitrogen and oxygen atoms in total. The number of hydrogen-bond donors (Lipinski definition) is 3. The molecule has 23 heavy (non-hydrogen) atoms.